The number of likely N-dealkylation sites (tertiary alicyclic amines) is 1. The van der Waals surface area contributed by atoms with Crippen molar-refractivity contribution in [2.75, 3.05) is 36.1 Å². The van der Waals surface area contributed by atoms with E-state index in [-0.39, 0.29) is 11.9 Å². The van der Waals surface area contributed by atoms with Crippen LogP contribution in [0.2, 0.25) is 0 Å². The monoisotopic (exact) mass is 600 g/mol. The first-order valence-corrected chi connectivity index (χ1v) is 16.1. The van der Waals surface area contributed by atoms with Crippen molar-refractivity contribution in [1.82, 2.24) is 9.88 Å². The molecule has 0 radical (unpaired) electrons. The highest BCUT2D eigenvalue weighted by atomic mass is 32.2. The molecule has 0 saturated carbocycles. The van der Waals surface area contributed by atoms with Crippen LogP contribution in [0.15, 0.2) is 103 Å². The van der Waals surface area contributed by atoms with Crippen LogP contribution in [0.1, 0.15) is 30.1 Å². The number of rotatable bonds is 11. The molecule has 1 saturated heterocycles. The summed E-state index contributed by atoms with van der Waals surface area (Å²) in [7, 11) is -1.75. The van der Waals surface area contributed by atoms with E-state index >= 15 is 0 Å². The van der Waals surface area contributed by atoms with Gasteiger partial charge < -0.3 is 14.4 Å². The van der Waals surface area contributed by atoms with Gasteiger partial charge in [-0.05, 0) is 60.4 Å². The number of hydrogen-bond donors (Lipinski definition) is 1. The van der Waals surface area contributed by atoms with E-state index in [0.29, 0.717) is 17.3 Å². The van der Waals surface area contributed by atoms with Gasteiger partial charge in [-0.15, -0.1) is 0 Å². The minimum absolute atomic E-state index is 0.0560. The van der Waals surface area contributed by atoms with Crippen LogP contribution in [0.3, 0.4) is 0 Å². The standard InChI is InChI=1S/C33H36N4O5S/c1-41-32(26-9-5-3-6-10-26)33(38)37(28-11-7-4-8-12-28)29-19-21-36(22-20-29)24-25-13-18-31(34-23-25)42-30-16-14-27(15-17-30)35-43(2,39)40/h3-18,23,29,32,35H,19-22,24H2,1-2H3. The number of benzene rings is 3. The highest BCUT2D eigenvalue weighted by molar-refractivity contribution is 7.92. The van der Waals surface area contributed by atoms with Crippen molar-refractivity contribution in [2.45, 2.75) is 31.5 Å². The van der Waals surface area contributed by atoms with Crippen molar-refractivity contribution in [3.8, 4) is 11.6 Å². The number of ether oxygens (including phenoxy) is 2. The number of aromatic nitrogens is 1. The summed E-state index contributed by atoms with van der Waals surface area (Å²) in [4.78, 5) is 22.7. The van der Waals surface area contributed by atoms with Crippen LogP contribution in [0.5, 0.6) is 11.6 Å². The van der Waals surface area contributed by atoms with Crippen molar-refractivity contribution in [3.05, 3.63) is 114 Å². The van der Waals surface area contributed by atoms with Gasteiger partial charge in [-0.2, -0.15) is 0 Å². The number of methoxy groups -OCH3 is 1. The maximum Gasteiger partial charge on any atom is 0.260 e. The molecule has 43 heavy (non-hydrogen) atoms. The zero-order chi connectivity index (χ0) is 30.2. The summed E-state index contributed by atoms with van der Waals surface area (Å²) < 4.78 is 36.8. The van der Waals surface area contributed by atoms with Crippen LogP contribution in [0.4, 0.5) is 11.4 Å². The lowest BCUT2D eigenvalue weighted by molar-refractivity contribution is -0.129. The van der Waals surface area contributed by atoms with Crippen molar-refractivity contribution in [2.24, 2.45) is 0 Å². The van der Waals surface area contributed by atoms with Gasteiger partial charge >= 0.3 is 0 Å². The Morgan fingerprint density at radius 2 is 1.60 bits per heavy atom. The Labute approximate surface area is 253 Å². The van der Waals surface area contributed by atoms with Gasteiger partial charge in [0, 0.05) is 56.4 Å². The molecule has 2 heterocycles. The Hall–Kier alpha value is -4.25. The maximum atomic E-state index is 13.9. The number of amides is 1. The number of carbonyl (C=O) groups excluding carboxylic acids is 1. The Kier molecular flexibility index (Phi) is 9.71. The van der Waals surface area contributed by atoms with E-state index in [1.165, 1.54) is 0 Å². The average molecular weight is 601 g/mol. The summed E-state index contributed by atoms with van der Waals surface area (Å²) in [6.45, 7) is 2.43. The van der Waals surface area contributed by atoms with Gasteiger partial charge in [0.05, 0.1) is 6.26 Å². The maximum absolute atomic E-state index is 13.9. The van der Waals surface area contributed by atoms with Gasteiger partial charge in [0.2, 0.25) is 15.9 Å². The summed E-state index contributed by atoms with van der Waals surface area (Å²) in [5, 5.41) is 0. The van der Waals surface area contributed by atoms with E-state index in [1.807, 2.05) is 83.9 Å². The van der Waals surface area contributed by atoms with Crippen LogP contribution in [-0.4, -0.2) is 56.7 Å². The molecule has 0 spiro atoms. The Balaban J connectivity index is 1.19. The zero-order valence-electron chi connectivity index (χ0n) is 24.3. The molecule has 5 rings (SSSR count). The predicted molar refractivity (Wildman–Crippen MR) is 168 cm³/mol. The summed E-state index contributed by atoms with van der Waals surface area (Å²) in [6.07, 6.45) is 3.92. The van der Waals surface area contributed by atoms with Gasteiger partial charge in [-0.3, -0.25) is 14.4 Å². The fraction of sp³-hybridized carbons (Fsp3) is 0.273. The third-order valence-corrected chi connectivity index (χ3v) is 7.95. The van der Waals surface area contributed by atoms with Crippen molar-refractivity contribution in [3.63, 3.8) is 0 Å². The Morgan fingerprint density at radius 1 is 0.953 bits per heavy atom. The number of carbonyl (C=O) groups is 1. The number of hydrogen-bond acceptors (Lipinski definition) is 7. The molecule has 1 fully saturated rings. The lowest BCUT2D eigenvalue weighted by Gasteiger charge is -2.39. The highest BCUT2D eigenvalue weighted by Crippen LogP contribution is 2.30. The number of sulfonamides is 1. The molecule has 4 aromatic rings. The van der Waals surface area contributed by atoms with Crippen molar-refractivity contribution in [1.29, 1.82) is 0 Å². The van der Waals surface area contributed by atoms with E-state index < -0.39 is 16.1 Å². The van der Waals surface area contributed by atoms with Gasteiger partial charge in [0.15, 0.2) is 6.10 Å². The fourth-order valence-electron chi connectivity index (χ4n) is 5.32. The third-order valence-electron chi connectivity index (χ3n) is 7.34. The second kappa shape index (κ2) is 13.8. The predicted octanol–water partition coefficient (Wildman–Crippen LogP) is 5.63. The van der Waals surface area contributed by atoms with E-state index in [2.05, 4.69) is 14.6 Å². The summed E-state index contributed by atoms with van der Waals surface area (Å²) in [6, 6.07) is 30.0. The van der Waals surface area contributed by atoms with Crippen LogP contribution < -0.4 is 14.4 Å². The van der Waals surface area contributed by atoms with Crippen LogP contribution in [0, 0.1) is 0 Å². The van der Waals surface area contributed by atoms with E-state index in [1.54, 1.807) is 31.4 Å². The largest absolute Gasteiger partial charge is 0.439 e. The fourth-order valence-corrected chi connectivity index (χ4v) is 5.89. The number of para-hydroxylation sites is 1. The SMILES string of the molecule is COC(C(=O)N(c1ccccc1)C1CCN(Cc2ccc(Oc3ccc(NS(C)(=O)=O)cc3)nc2)CC1)c1ccccc1. The van der Waals surface area contributed by atoms with Crippen LogP contribution in [-0.2, 0) is 26.1 Å². The van der Waals surface area contributed by atoms with Gasteiger partial charge in [-0.1, -0.05) is 54.6 Å². The van der Waals surface area contributed by atoms with Crippen molar-refractivity contribution >= 4 is 27.3 Å². The third kappa shape index (κ3) is 8.19. The average Bonchev–Trinajstić information content (AvgIpc) is 3.01. The van der Waals surface area contributed by atoms with Crippen LogP contribution >= 0.6 is 0 Å². The number of piperidine rings is 1. The lowest BCUT2D eigenvalue weighted by Crippen LogP contribution is -2.49. The molecule has 9 nitrogen and oxygen atoms in total. The molecule has 1 aliphatic heterocycles. The molecular formula is C33H36N4O5S. The number of nitrogens with one attached hydrogen (secondary N) is 1. The normalized spacial score (nSPS) is 15.0. The summed E-state index contributed by atoms with van der Waals surface area (Å²) in [5.41, 5.74) is 3.25. The molecule has 1 atom stereocenters. The van der Waals surface area contributed by atoms with Gasteiger partial charge in [0.1, 0.15) is 5.75 Å². The van der Waals surface area contributed by atoms with E-state index in [0.717, 1.165) is 55.5 Å². The first kappa shape index (κ1) is 30.2. The summed E-state index contributed by atoms with van der Waals surface area (Å²) >= 11 is 0. The van der Waals surface area contributed by atoms with E-state index in [9.17, 15) is 13.2 Å². The minimum Gasteiger partial charge on any atom is -0.439 e. The Morgan fingerprint density at radius 3 is 2.19 bits per heavy atom. The first-order chi connectivity index (χ1) is 20.8. The summed E-state index contributed by atoms with van der Waals surface area (Å²) in [5.74, 6) is 0.954. The molecule has 1 aromatic heterocycles. The Bertz CT molecular complexity index is 1580. The molecule has 1 amide bonds. The number of nitrogens with zero attached hydrogens (tertiary/aromatic N) is 3. The quantitative estimate of drug-likeness (QED) is 0.238. The minimum atomic E-state index is -3.34. The molecule has 0 aliphatic carbocycles. The van der Waals surface area contributed by atoms with Gasteiger partial charge in [-0.25, -0.2) is 13.4 Å². The second-order valence-corrected chi connectivity index (χ2v) is 12.3. The second-order valence-electron chi connectivity index (χ2n) is 10.6. The molecule has 1 N–H and O–H groups in total. The molecule has 10 heteroatoms. The lowest BCUT2D eigenvalue weighted by atomic mass is 9.99. The smallest absolute Gasteiger partial charge is 0.260 e. The highest BCUT2D eigenvalue weighted by Gasteiger charge is 2.34. The first-order valence-electron chi connectivity index (χ1n) is 14.2. The van der Waals surface area contributed by atoms with Crippen molar-refractivity contribution < 1.29 is 22.7 Å². The van der Waals surface area contributed by atoms with E-state index in [4.69, 9.17) is 9.47 Å². The molecule has 224 valence electrons. The molecule has 3 aromatic carbocycles. The topological polar surface area (TPSA) is 101 Å². The van der Waals surface area contributed by atoms with Crippen LogP contribution in [0.25, 0.3) is 0 Å². The number of anilines is 2. The number of pyridine rings is 1. The molecule has 1 aliphatic rings. The molecule has 0 bridgehead atoms. The van der Waals surface area contributed by atoms with Gasteiger partial charge in [0.25, 0.3) is 5.91 Å². The molecule has 1 unspecified atom stereocenters. The zero-order valence-corrected chi connectivity index (χ0v) is 25.1. The molecular weight excluding hydrogens is 564 g/mol.